The largest absolute Gasteiger partial charge is 0.508 e. The Morgan fingerprint density at radius 1 is 0.900 bits per heavy atom. The number of hydrogen-bond donors (Lipinski definition) is 7. The highest BCUT2D eigenvalue weighted by molar-refractivity contribution is 5.91. The molecule has 0 saturated carbocycles. The lowest BCUT2D eigenvalue weighted by molar-refractivity contribution is -0.277. The van der Waals surface area contributed by atoms with Gasteiger partial charge in [-0.05, 0) is 36.4 Å². The zero-order valence-electron chi connectivity index (χ0n) is 15.3. The van der Waals surface area contributed by atoms with Crippen LogP contribution in [0.4, 0.5) is 0 Å². The number of phenolic OH excluding ortho intramolecular Hbond substituents is 4. The first-order valence-electron chi connectivity index (χ1n) is 8.74. The second-order valence-electron chi connectivity index (χ2n) is 6.59. The van der Waals surface area contributed by atoms with Gasteiger partial charge >= 0.3 is 5.97 Å². The molecule has 0 spiro atoms. The van der Waals surface area contributed by atoms with Gasteiger partial charge in [0.05, 0.1) is 5.56 Å². The normalized spacial score (nSPS) is 26.2. The van der Waals surface area contributed by atoms with Crippen LogP contribution in [0.15, 0.2) is 36.4 Å². The monoisotopic (exact) mass is 424 g/mol. The number of phenols is 4. The fourth-order valence-corrected chi connectivity index (χ4v) is 2.77. The van der Waals surface area contributed by atoms with Gasteiger partial charge in [0.25, 0.3) is 0 Å². The lowest BCUT2D eigenvalue weighted by atomic mass is 9.99. The molecule has 0 aromatic heterocycles. The van der Waals surface area contributed by atoms with Crippen LogP contribution in [0.25, 0.3) is 0 Å². The quantitative estimate of drug-likeness (QED) is 0.243. The molecule has 11 heteroatoms. The van der Waals surface area contributed by atoms with Gasteiger partial charge in [-0.15, -0.1) is 0 Å². The third kappa shape index (κ3) is 4.49. The molecule has 0 radical (unpaired) electrons. The summed E-state index contributed by atoms with van der Waals surface area (Å²) in [5, 5.41) is 67.8. The van der Waals surface area contributed by atoms with Crippen LogP contribution >= 0.6 is 0 Å². The number of aromatic hydroxyl groups is 4. The molecule has 2 aromatic rings. The average Bonchev–Trinajstić information content (AvgIpc) is 2.72. The third-order valence-electron chi connectivity index (χ3n) is 4.44. The maximum absolute atomic E-state index is 12.1. The Morgan fingerprint density at radius 2 is 1.50 bits per heavy atom. The number of aliphatic hydroxyl groups is 3. The minimum absolute atomic E-state index is 0.0148. The summed E-state index contributed by atoms with van der Waals surface area (Å²) >= 11 is 0. The molecule has 11 nitrogen and oxygen atoms in total. The minimum atomic E-state index is -1.67. The Labute approximate surface area is 169 Å². The molecular weight excluding hydrogens is 404 g/mol. The van der Waals surface area contributed by atoms with E-state index in [0.29, 0.717) is 0 Å². The van der Waals surface area contributed by atoms with E-state index in [9.17, 15) is 40.5 Å². The van der Waals surface area contributed by atoms with E-state index in [4.69, 9.17) is 14.2 Å². The van der Waals surface area contributed by atoms with Crippen molar-refractivity contribution >= 4 is 5.97 Å². The Morgan fingerprint density at radius 3 is 2.10 bits per heavy atom. The van der Waals surface area contributed by atoms with Gasteiger partial charge in [0.1, 0.15) is 42.5 Å². The molecule has 30 heavy (non-hydrogen) atoms. The van der Waals surface area contributed by atoms with Crippen LogP contribution < -0.4 is 4.74 Å². The molecule has 7 N–H and O–H groups in total. The van der Waals surface area contributed by atoms with Gasteiger partial charge in [0, 0.05) is 0 Å². The van der Waals surface area contributed by atoms with E-state index < -0.39 is 60.5 Å². The van der Waals surface area contributed by atoms with Gasteiger partial charge < -0.3 is 50.0 Å². The number of ether oxygens (including phenoxy) is 3. The number of rotatable bonds is 5. The predicted molar refractivity (Wildman–Crippen MR) is 97.1 cm³/mol. The van der Waals surface area contributed by atoms with Crippen molar-refractivity contribution < 1.29 is 54.8 Å². The summed E-state index contributed by atoms with van der Waals surface area (Å²) in [6, 6.07) is 7.17. The Kier molecular flexibility index (Phi) is 6.17. The second-order valence-corrected chi connectivity index (χ2v) is 6.59. The average molecular weight is 424 g/mol. The lowest BCUT2D eigenvalue weighted by Gasteiger charge is -2.39. The van der Waals surface area contributed by atoms with Gasteiger partial charge in [0.2, 0.25) is 6.29 Å². The van der Waals surface area contributed by atoms with Gasteiger partial charge in [-0.2, -0.15) is 0 Å². The summed E-state index contributed by atoms with van der Waals surface area (Å²) in [5.41, 5.74) is -0.287. The Balaban J connectivity index is 1.67. The van der Waals surface area contributed by atoms with Gasteiger partial charge in [-0.1, -0.05) is 0 Å². The number of carbonyl (C=O) groups excluding carboxylic acids is 1. The van der Waals surface area contributed by atoms with E-state index >= 15 is 0 Å². The maximum Gasteiger partial charge on any atom is 0.338 e. The molecule has 1 heterocycles. The molecule has 0 bridgehead atoms. The molecule has 1 aliphatic heterocycles. The van der Waals surface area contributed by atoms with E-state index in [2.05, 4.69) is 0 Å². The van der Waals surface area contributed by atoms with Crippen LogP contribution in [-0.2, 0) is 9.47 Å². The molecule has 0 aliphatic carbocycles. The van der Waals surface area contributed by atoms with Crippen molar-refractivity contribution in [3.8, 4) is 28.7 Å². The van der Waals surface area contributed by atoms with Gasteiger partial charge in [-0.3, -0.25) is 0 Å². The number of benzene rings is 2. The molecular formula is C19H20O11. The van der Waals surface area contributed by atoms with Crippen LogP contribution in [0.1, 0.15) is 10.4 Å². The van der Waals surface area contributed by atoms with Crippen molar-refractivity contribution in [3.63, 3.8) is 0 Å². The van der Waals surface area contributed by atoms with Crippen LogP contribution in [0, 0.1) is 0 Å². The Bertz CT molecular complexity index is 875. The molecule has 3 rings (SSSR count). The summed E-state index contributed by atoms with van der Waals surface area (Å²) in [6.45, 7) is -0.568. The van der Waals surface area contributed by atoms with E-state index in [1.807, 2.05) is 0 Å². The Hall–Kier alpha value is -3.25. The first kappa shape index (κ1) is 21.5. The van der Waals surface area contributed by atoms with Crippen molar-refractivity contribution in [1.82, 2.24) is 0 Å². The minimum Gasteiger partial charge on any atom is -0.508 e. The van der Waals surface area contributed by atoms with Crippen molar-refractivity contribution in [2.45, 2.75) is 30.7 Å². The van der Waals surface area contributed by atoms with E-state index in [1.165, 1.54) is 24.3 Å². The summed E-state index contributed by atoms with van der Waals surface area (Å²) in [5.74, 6) is -3.12. The number of hydrogen-bond acceptors (Lipinski definition) is 11. The lowest BCUT2D eigenvalue weighted by Crippen LogP contribution is -2.60. The number of carbonyl (C=O) groups is 1. The summed E-state index contributed by atoms with van der Waals surface area (Å²) in [6.07, 6.45) is -7.61. The molecule has 1 fully saturated rings. The fourth-order valence-electron chi connectivity index (χ4n) is 2.77. The second kappa shape index (κ2) is 8.63. The third-order valence-corrected chi connectivity index (χ3v) is 4.44. The highest BCUT2D eigenvalue weighted by Crippen LogP contribution is 2.35. The van der Waals surface area contributed by atoms with Crippen LogP contribution in [-0.4, -0.2) is 79.0 Å². The van der Waals surface area contributed by atoms with Crippen molar-refractivity contribution in [3.05, 3.63) is 42.0 Å². The van der Waals surface area contributed by atoms with Crippen molar-refractivity contribution in [1.29, 1.82) is 0 Å². The fraction of sp³-hybridized carbons (Fsp3) is 0.316. The van der Waals surface area contributed by atoms with Crippen molar-refractivity contribution in [2.75, 3.05) is 6.61 Å². The molecule has 0 unspecified atom stereocenters. The standard InChI is InChI=1S/C19H20O11/c20-9-1-3-10(4-2-9)29-19-17(26)16(25)15(24)13(30-19)7-28-18(27)8-5-11(21)14(23)12(22)6-8/h1-6,13,15-17,19-26H,7H2/t13-,15-,16+,17-,19-/m1/s1. The molecule has 1 saturated heterocycles. The van der Waals surface area contributed by atoms with Crippen LogP contribution in [0.2, 0.25) is 0 Å². The first-order chi connectivity index (χ1) is 14.2. The van der Waals surface area contributed by atoms with Gasteiger partial charge in [0.15, 0.2) is 17.2 Å². The van der Waals surface area contributed by atoms with Crippen molar-refractivity contribution in [2.24, 2.45) is 0 Å². The maximum atomic E-state index is 12.1. The van der Waals surface area contributed by atoms with Gasteiger partial charge in [-0.25, -0.2) is 4.79 Å². The van der Waals surface area contributed by atoms with E-state index in [-0.39, 0.29) is 17.1 Å². The predicted octanol–water partition coefficient (Wildman–Crippen LogP) is -0.448. The van der Waals surface area contributed by atoms with Crippen LogP contribution in [0.3, 0.4) is 0 Å². The molecule has 1 aliphatic rings. The smallest absolute Gasteiger partial charge is 0.338 e. The summed E-state index contributed by atoms with van der Waals surface area (Å²) < 4.78 is 15.8. The summed E-state index contributed by atoms with van der Waals surface area (Å²) in [4.78, 5) is 12.1. The highest BCUT2D eigenvalue weighted by Gasteiger charge is 2.45. The first-order valence-corrected chi connectivity index (χ1v) is 8.74. The molecule has 2 aromatic carbocycles. The van der Waals surface area contributed by atoms with E-state index in [0.717, 1.165) is 12.1 Å². The molecule has 162 valence electrons. The van der Waals surface area contributed by atoms with Crippen LogP contribution in [0.5, 0.6) is 28.7 Å². The topological polar surface area (TPSA) is 186 Å². The number of esters is 1. The zero-order valence-corrected chi connectivity index (χ0v) is 15.3. The number of aliphatic hydroxyl groups excluding tert-OH is 3. The highest BCUT2D eigenvalue weighted by atomic mass is 16.7. The zero-order chi connectivity index (χ0) is 22.0. The molecule has 0 amide bonds. The van der Waals surface area contributed by atoms with E-state index in [1.54, 1.807) is 0 Å². The molecule has 5 atom stereocenters. The summed E-state index contributed by atoms with van der Waals surface area (Å²) in [7, 11) is 0. The SMILES string of the molecule is O=C(OC[C@H]1O[C@@H](Oc2ccc(O)cc2)[C@H](O)[C@@H](O)[C@@H]1O)c1cc(O)c(O)c(O)c1.